The van der Waals surface area contributed by atoms with Crippen molar-refractivity contribution in [2.24, 2.45) is 0 Å². The van der Waals surface area contributed by atoms with Crippen LogP contribution in [0, 0.1) is 17.0 Å². The van der Waals surface area contributed by atoms with Crippen molar-refractivity contribution in [3.05, 3.63) is 51.8 Å². The number of nitrogens with one attached hydrogen (secondary N) is 2. The summed E-state index contributed by atoms with van der Waals surface area (Å²) >= 11 is 0. The molecule has 0 spiro atoms. The van der Waals surface area contributed by atoms with Crippen LogP contribution in [0.4, 0.5) is 17.3 Å². The molecule has 0 bridgehead atoms. The first-order valence-electron chi connectivity index (χ1n) is 6.08. The lowest BCUT2D eigenvalue weighted by Gasteiger charge is -2.07. The topological polar surface area (TPSA) is 110 Å². The fourth-order valence-electron chi connectivity index (χ4n) is 1.71. The first kappa shape index (κ1) is 14.4. The van der Waals surface area contributed by atoms with Crippen LogP contribution in [0.2, 0.25) is 0 Å². The lowest BCUT2D eigenvalue weighted by molar-refractivity contribution is -0.385. The van der Waals surface area contributed by atoms with E-state index in [4.69, 9.17) is 0 Å². The highest BCUT2D eigenvalue weighted by atomic mass is 16.6. The molecule has 0 aliphatic carbocycles. The Labute approximate surface area is 120 Å². The van der Waals surface area contributed by atoms with Crippen LogP contribution in [0.5, 0.6) is 0 Å². The Balaban J connectivity index is 2.35. The third kappa shape index (κ3) is 3.30. The summed E-state index contributed by atoms with van der Waals surface area (Å²) in [5.41, 5.74) is 0.287. The van der Waals surface area contributed by atoms with Gasteiger partial charge in [0.1, 0.15) is 23.4 Å². The molecule has 0 fully saturated rings. The molecule has 2 aromatic rings. The van der Waals surface area contributed by atoms with E-state index in [1.165, 1.54) is 6.07 Å². The van der Waals surface area contributed by atoms with E-state index in [0.717, 1.165) is 11.9 Å². The number of amides is 1. The zero-order valence-electron chi connectivity index (χ0n) is 11.5. The predicted molar refractivity (Wildman–Crippen MR) is 77.4 cm³/mol. The lowest BCUT2D eigenvalue weighted by Crippen LogP contribution is -2.15. The highest BCUT2D eigenvalue weighted by Gasteiger charge is 2.21. The summed E-state index contributed by atoms with van der Waals surface area (Å²) in [7, 11) is 1.61. The molecule has 1 amide bonds. The Morgan fingerprint density at radius 2 is 2.10 bits per heavy atom. The Morgan fingerprint density at radius 3 is 2.71 bits per heavy atom. The zero-order valence-corrected chi connectivity index (χ0v) is 11.5. The van der Waals surface area contributed by atoms with Gasteiger partial charge in [-0.2, -0.15) is 0 Å². The number of carbonyl (C=O) groups is 1. The molecular formula is C13H13N5O3. The second-order valence-corrected chi connectivity index (χ2v) is 4.21. The Hall–Kier alpha value is -3.03. The molecule has 2 rings (SSSR count). The van der Waals surface area contributed by atoms with Gasteiger partial charge >= 0.3 is 0 Å². The summed E-state index contributed by atoms with van der Waals surface area (Å²) in [6, 6.07) is 6.45. The highest BCUT2D eigenvalue weighted by Crippen LogP contribution is 2.21. The van der Waals surface area contributed by atoms with Crippen LogP contribution in [0.25, 0.3) is 0 Å². The average molecular weight is 287 g/mol. The number of pyridine rings is 2. The quantitative estimate of drug-likeness (QED) is 0.657. The molecule has 2 aromatic heterocycles. The van der Waals surface area contributed by atoms with Crippen molar-refractivity contribution >= 4 is 23.2 Å². The standard InChI is InChI=1S/C13H13N5O3/c1-8-4-3-5-11(16-8)17-13(19)9-6-12(14-2)15-7-10(9)18(20)21/h3-7H,1-2H3,(H,14,15)(H,16,17,19). The first-order valence-corrected chi connectivity index (χ1v) is 6.08. The third-order valence-electron chi connectivity index (χ3n) is 2.71. The molecule has 2 heterocycles. The molecule has 0 aliphatic rings. The molecule has 0 aromatic carbocycles. The molecule has 0 radical (unpaired) electrons. The van der Waals surface area contributed by atoms with Crippen LogP contribution in [0.3, 0.4) is 0 Å². The molecule has 21 heavy (non-hydrogen) atoms. The summed E-state index contributed by atoms with van der Waals surface area (Å²) < 4.78 is 0. The molecule has 0 aliphatic heterocycles. The minimum Gasteiger partial charge on any atom is -0.373 e. The molecule has 108 valence electrons. The van der Waals surface area contributed by atoms with Crippen LogP contribution < -0.4 is 10.6 Å². The molecule has 0 atom stereocenters. The van der Waals surface area contributed by atoms with Crippen molar-refractivity contribution in [2.75, 3.05) is 17.7 Å². The number of hydrogen-bond donors (Lipinski definition) is 2. The number of carbonyl (C=O) groups excluding carboxylic acids is 1. The zero-order chi connectivity index (χ0) is 15.4. The molecule has 0 saturated heterocycles. The number of hydrogen-bond acceptors (Lipinski definition) is 6. The normalized spacial score (nSPS) is 10.0. The van der Waals surface area contributed by atoms with Gasteiger partial charge in [-0.3, -0.25) is 14.9 Å². The first-order chi connectivity index (χ1) is 10.0. The van der Waals surface area contributed by atoms with E-state index in [-0.39, 0.29) is 11.3 Å². The van der Waals surface area contributed by atoms with E-state index >= 15 is 0 Å². The van der Waals surface area contributed by atoms with E-state index in [9.17, 15) is 14.9 Å². The van der Waals surface area contributed by atoms with Crippen molar-refractivity contribution in [1.29, 1.82) is 0 Å². The Morgan fingerprint density at radius 1 is 1.33 bits per heavy atom. The fourth-order valence-corrected chi connectivity index (χ4v) is 1.71. The number of aromatic nitrogens is 2. The van der Waals surface area contributed by atoms with E-state index < -0.39 is 10.8 Å². The van der Waals surface area contributed by atoms with Gasteiger partial charge in [-0.1, -0.05) is 6.07 Å². The minimum absolute atomic E-state index is 0.0809. The summed E-state index contributed by atoms with van der Waals surface area (Å²) in [6.07, 6.45) is 1.05. The molecule has 0 unspecified atom stereocenters. The predicted octanol–water partition coefficient (Wildman–Crippen LogP) is 1.99. The fraction of sp³-hybridized carbons (Fsp3) is 0.154. The van der Waals surface area contributed by atoms with Crippen molar-refractivity contribution in [3.8, 4) is 0 Å². The second kappa shape index (κ2) is 5.95. The maximum Gasteiger partial charge on any atom is 0.300 e. The van der Waals surface area contributed by atoms with Gasteiger partial charge in [0.2, 0.25) is 0 Å². The van der Waals surface area contributed by atoms with Crippen LogP contribution in [0.1, 0.15) is 16.1 Å². The summed E-state index contributed by atoms with van der Waals surface area (Å²) in [6.45, 7) is 1.78. The van der Waals surface area contributed by atoms with Crippen LogP contribution in [0.15, 0.2) is 30.5 Å². The summed E-state index contributed by atoms with van der Waals surface area (Å²) in [5.74, 6) is 0.0822. The van der Waals surface area contributed by atoms with Gasteiger partial charge < -0.3 is 10.6 Å². The van der Waals surface area contributed by atoms with E-state index in [1.54, 1.807) is 32.2 Å². The number of nitrogens with zero attached hydrogens (tertiary/aromatic N) is 3. The van der Waals surface area contributed by atoms with Crippen molar-refractivity contribution in [1.82, 2.24) is 9.97 Å². The minimum atomic E-state index is -0.648. The van der Waals surface area contributed by atoms with Crippen molar-refractivity contribution in [3.63, 3.8) is 0 Å². The maximum absolute atomic E-state index is 12.2. The lowest BCUT2D eigenvalue weighted by atomic mass is 10.2. The van der Waals surface area contributed by atoms with Gasteiger partial charge in [-0.05, 0) is 19.1 Å². The second-order valence-electron chi connectivity index (χ2n) is 4.21. The van der Waals surface area contributed by atoms with Gasteiger partial charge in [-0.25, -0.2) is 9.97 Å². The van der Waals surface area contributed by atoms with Gasteiger partial charge in [0.15, 0.2) is 0 Å². The van der Waals surface area contributed by atoms with E-state index in [0.29, 0.717) is 11.6 Å². The number of anilines is 2. The highest BCUT2D eigenvalue weighted by molar-refractivity contribution is 6.07. The molecule has 0 saturated carbocycles. The van der Waals surface area contributed by atoms with Crippen LogP contribution in [-0.4, -0.2) is 27.8 Å². The Kier molecular flexibility index (Phi) is 4.07. The number of aryl methyl sites for hydroxylation is 1. The maximum atomic E-state index is 12.2. The van der Waals surface area contributed by atoms with Crippen LogP contribution in [-0.2, 0) is 0 Å². The van der Waals surface area contributed by atoms with Gasteiger partial charge in [0, 0.05) is 18.8 Å². The van der Waals surface area contributed by atoms with Gasteiger partial charge in [-0.15, -0.1) is 0 Å². The van der Waals surface area contributed by atoms with Crippen LogP contribution >= 0.6 is 0 Å². The molecular weight excluding hydrogens is 274 g/mol. The SMILES string of the molecule is CNc1cc(C(=O)Nc2cccc(C)n2)c([N+](=O)[O-])cn1. The smallest absolute Gasteiger partial charge is 0.300 e. The van der Waals surface area contributed by atoms with Gasteiger partial charge in [0.05, 0.1) is 4.92 Å². The third-order valence-corrected chi connectivity index (χ3v) is 2.71. The molecule has 2 N–H and O–H groups in total. The molecule has 8 nitrogen and oxygen atoms in total. The summed E-state index contributed by atoms with van der Waals surface area (Å²) in [4.78, 5) is 30.5. The largest absolute Gasteiger partial charge is 0.373 e. The molecule has 8 heteroatoms. The van der Waals surface area contributed by atoms with Crippen molar-refractivity contribution in [2.45, 2.75) is 6.92 Å². The van der Waals surface area contributed by atoms with Crippen molar-refractivity contribution < 1.29 is 9.72 Å². The number of nitro groups is 1. The number of rotatable bonds is 4. The van der Waals surface area contributed by atoms with E-state index in [1.807, 2.05) is 0 Å². The Bertz CT molecular complexity index is 702. The summed E-state index contributed by atoms with van der Waals surface area (Å²) in [5, 5.41) is 16.2. The van der Waals surface area contributed by atoms with E-state index in [2.05, 4.69) is 20.6 Å². The average Bonchev–Trinajstić information content (AvgIpc) is 2.46. The monoisotopic (exact) mass is 287 g/mol. The van der Waals surface area contributed by atoms with Gasteiger partial charge in [0.25, 0.3) is 11.6 Å².